The zero-order valence-corrected chi connectivity index (χ0v) is 16.5. The summed E-state index contributed by atoms with van der Waals surface area (Å²) in [6.45, 7) is 5.59. The summed E-state index contributed by atoms with van der Waals surface area (Å²) in [5.41, 5.74) is 0.302. The molecule has 0 radical (unpaired) electrons. The van der Waals surface area contributed by atoms with Crippen LogP contribution >= 0.6 is 0 Å². The molecule has 0 aliphatic heterocycles. The first-order valence-corrected chi connectivity index (χ1v) is 8.87. The van der Waals surface area contributed by atoms with Gasteiger partial charge in [0, 0.05) is 19.2 Å². The lowest BCUT2D eigenvalue weighted by molar-refractivity contribution is 0.0513. The fourth-order valence-electron chi connectivity index (χ4n) is 2.55. The van der Waals surface area contributed by atoms with Crippen LogP contribution < -0.4 is 10.1 Å². The molecule has 0 aromatic heterocycles. The molecule has 2 rings (SSSR count). The molecule has 0 saturated heterocycles. The average Bonchev–Trinajstić information content (AvgIpc) is 2.59. The van der Waals surface area contributed by atoms with Crippen molar-refractivity contribution in [3.63, 3.8) is 0 Å². The highest BCUT2D eigenvalue weighted by molar-refractivity contribution is 5.72. The van der Waals surface area contributed by atoms with Gasteiger partial charge in [0.15, 0.2) is 6.79 Å². The maximum absolute atomic E-state index is 14.3. The third kappa shape index (κ3) is 6.20. The molecule has 0 unspecified atom stereocenters. The summed E-state index contributed by atoms with van der Waals surface area (Å²) >= 11 is 0. The van der Waals surface area contributed by atoms with E-state index >= 15 is 0 Å². The predicted molar refractivity (Wildman–Crippen MR) is 102 cm³/mol. The summed E-state index contributed by atoms with van der Waals surface area (Å²) in [4.78, 5) is 11.7. The molecule has 28 heavy (non-hydrogen) atoms. The van der Waals surface area contributed by atoms with Gasteiger partial charge < -0.3 is 19.5 Å². The van der Waals surface area contributed by atoms with Crippen LogP contribution in [0.1, 0.15) is 26.3 Å². The second kappa shape index (κ2) is 9.50. The smallest absolute Gasteiger partial charge is 0.407 e. The van der Waals surface area contributed by atoms with E-state index in [0.717, 1.165) is 5.56 Å². The average molecular weight is 393 g/mol. The van der Waals surface area contributed by atoms with Crippen LogP contribution in [0.25, 0.3) is 11.1 Å². The van der Waals surface area contributed by atoms with Crippen molar-refractivity contribution in [2.24, 2.45) is 0 Å². The molecule has 7 heteroatoms. The maximum atomic E-state index is 14.3. The van der Waals surface area contributed by atoms with Crippen molar-refractivity contribution >= 4 is 6.09 Å². The summed E-state index contributed by atoms with van der Waals surface area (Å²) in [5, 5.41) is 2.66. The Bertz CT molecular complexity index is 798. The van der Waals surface area contributed by atoms with Gasteiger partial charge in [-0.1, -0.05) is 12.1 Å². The van der Waals surface area contributed by atoms with E-state index in [1.807, 2.05) is 0 Å². The first-order valence-electron chi connectivity index (χ1n) is 8.87. The Morgan fingerprint density at radius 1 is 1.11 bits per heavy atom. The van der Waals surface area contributed by atoms with E-state index in [2.05, 4.69) is 5.32 Å². The van der Waals surface area contributed by atoms with E-state index < -0.39 is 23.3 Å². The third-order valence-corrected chi connectivity index (χ3v) is 3.69. The molecule has 0 heterocycles. The van der Waals surface area contributed by atoms with Gasteiger partial charge in [-0.05, 0) is 57.0 Å². The first kappa shape index (κ1) is 21.6. The fourth-order valence-corrected chi connectivity index (χ4v) is 2.55. The molecule has 0 saturated carbocycles. The number of methoxy groups -OCH3 is 1. The van der Waals surface area contributed by atoms with Gasteiger partial charge in [0.25, 0.3) is 0 Å². The van der Waals surface area contributed by atoms with Gasteiger partial charge in [0.05, 0.1) is 5.56 Å². The number of nitrogens with one attached hydrogen (secondary N) is 1. The fraction of sp³-hybridized carbons (Fsp3) is 0.381. The Balaban J connectivity index is 2.20. The number of carbonyl (C=O) groups excluding carboxylic acids is 1. The van der Waals surface area contributed by atoms with Crippen LogP contribution in [0, 0.1) is 11.6 Å². The predicted octanol–water partition coefficient (Wildman–Crippen LogP) is 4.68. The third-order valence-electron chi connectivity index (χ3n) is 3.69. The largest absolute Gasteiger partial charge is 0.467 e. The lowest BCUT2D eigenvalue weighted by Crippen LogP contribution is -2.33. The molecule has 152 valence electrons. The summed E-state index contributed by atoms with van der Waals surface area (Å²) < 4.78 is 44.1. The van der Waals surface area contributed by atoms with Crippen LogP contribution in [-0.4, -0.2) is 32.1 Å². The molecule has 0 aliphatic rings. The van der Waals surface area contributed by atoms with Crippen LogP contribution in [0.15, 0.2) is 36.4 Å². The van der Waals surface area contributed by atoms with Gasteiger partial charge in [0.2, 0.25) is 0 Å². The van der Waals surface area contributed by atoms with Crippen molar-refractivity contribution in [3.05, 3.63) is 53.6 Å². The van der Waals surface area contributed by atoms with Gasteiger partial charge in [-0.15, -0.1) is 0 Å². The Morgan fingerprint density at radius 2 is 1.79 bits per heavy atom. The number of amides is 1. The minimum atomic E-state index is -0.689. The molecule has 0 fully saturated rings. The molecule has 0 spiro atoms. The van der Waals surface area contributed by atoms with Crippen molar-refractivity contribution in [1.82, 2.24) is 5.32 Å². The normalized spacial score (nSPS) is 11.2. The second-order valence-corrected chi connectivity index (χ2v) is 7.16. The van der Waals surface area contributed by atoms with Crippen molar-refractivity contribution < 1.29 is 27.8 Å². The van der Waals surface area contributed by atoms with E-state index in [-0.39, 0.29) is 17.9 Å². The molecular weight excluding hydrogens is 368 g/mol. The number of benzene rings is 2. The quantitative estimate of drug-likeness (QED) is 0.694. The number of ether oxygens (including phenoxy) is 3. The van der Waals surface area contributed by atoms with Crippen LogP contribution in [-0.2, 0) is 15.9 Å². The van der Waals surface area contributed by atoms with Crippen LogP contribution in [0.2, 0.25) is 0 Å². The summed E-state index contributed by atoms with van der Waals surface area (Å²) in [6, 6.07) is 8.72. The summed E-state index contributed by atoms with van der Waals surface area (Å²) in [7, 11) is 1.46. The van der Waals surface area contributed by atoms with Crippen LogP contribution in [0.4, 0.5) is 13.6 Å². The summed E-state index contributed by atoms with van der Waals surface area (Å²) in [5.74, 6) is -1.08. The maximum Gasteiger partial charge on any atom is 0.407 e. The Morgan fingerprint density at radius 3 is 2.39 bits per heavy atom. The molecule has 0 atom stereocenters. The van der Waals surface area contributed by atoms with Crippen LogP contribution in [0.5, 0.6) is 5.75 Å². The standard InChI is InChI=1S/C21H25F2NO4/c1-21(2,3)28-20(25)24-11-10-14-8-9-18(27-13-26-4)15(12-14)19-16(22)6-5-7-17(19)23/h5-9,12H,10-11,13H2,1-4H3,(H,24,25). The monoisotopic (exact) mass is 393 g/mol. The van der Waals surface area contributed by atoms with Gasteiger partial charge >= 0.3 is 6.09 Å². The van der Waals surface area contributed by atoms with Crippen LogP contribution in [0.3, 0.4) is 0 Å². The molecule has 0 bridgehead atoms. The van der Waals surface area contributed by atoms with Gasteiger partial charge in [-0.3, -0.25) is 0 Å². The highest BCUT2D eigenvalue weighted by Gasteiger charge is 2.18. The highest BCUT2D eigenvalue weighted by Crippen LogP contribution is 2.35. The van der Waals surface area contributed by atoms with Gasteiger partial charge in [0.1, 0.15) is 23.0 Å². The lowest BCUT2D eigenvalue weighted by Gasteiger charge is -2.19. The molecule has 5 nitrogen and oxygen atoms in total. The molecular formula is C21H25F2NO4. The van der Waals surface area contributed by atoms with E-state index in [1.54, 1.807) is 39.0 Å². The topological polar surface area (TPSA) is 56.8 Å². The van der Waals surface area contributed by atoms with Crippen molar-refractivity contribution in [1.29, 1.82) is 0 Å². The van der Waals surface area contributed by atoms with Crippen molar-refractivity contribution in [2.75, 3.05) is 20.4 Å². The Labute approximate surface area is 163 Å². The minimum absolute atomic E-state index is 0.0530. The van der Waals surface area contributed by atoms with Crippen molar-refractivity contribution in [3.8, 4) is 16.9 Å². The first-order chi connectivity index (χ1) is 13.2. The number of carbonyl (C=O) groups is 1. The second-order valence-electron chi connectivity index (χ2n) is 7.16. The zero-order chi connectivity index (χ0) is 20.7. The van der Waals surface area contributed by atoms with E-state index in [1.165, 1.54) is 25.3 Å². The number of hydrogen-bond acceptors (Lipinski definition) is 4. The molecule has 1 amide bonds. The van der Waals surface area contributed by atoms with Crippen molar-refractivity contribution in [2.45, 2.75) is 32.8 Å². The Hall–Kier alpha value is -2.67. The van der Waals surface area contributed by atoms with E-state index in [0.29, 0.717) is 18.7 Å². The highest BCUT2D eigenvalue weighted by atomic mass is 19.1. The van der Waals surface area contributed by atoms with Gasteiger partial charge in [-0.25, -0.2) is 13.6 Å². The lowest BCUT2D eigenvalue weighted by atomic mass is 9.99. The number of halogens is 2. The van der Waals surface area contributed by atoms with E-state index in [4.69, 9.17) is 14.2 Å². The number of hydrogen-bond donors (Lipinski definition) is 1. The Kier molecular flexibility index (Phi) is 7.34. The number of alkyl carbamates (subject to hydrolysis) is 1. The molecule has 2 aromatic carbocycles. The SMILES string of the molecule is COCOc1ccc(CCNC(=O)OC(C)(C)C)cc1-c1c(F)cccc1F. The number of rotatable bonds is 7. The zero-order valence-electron chi connectivity index (χ0n) is 16.5. The molecule has 1 N–H and O–H groups in total. The molecule has 2 aromatic rings. The van der Waals surface area contributed by atoms with E-state index in [9.17, 15) is 13.6 Å². The molecule has 0 aliphatic carbocycles. The van der Waals surface area contributed by atoms with Gasteiger partial charge in [-0.2, -0.15) is 0 Å². The minimum Gasteiger partial charge on any atom is -0.467 e. The summed E-state index contributed by atoms with van der Waals surface area (Å²) in [6.07, 6.45) is -0.0692.